The number of carbonyl (C=O) groups excluding carboxylic acids is 1. The molecule has 2 heterocycles. The summed E-state index contributed by atoms with van der Waals surface area (Å²) in [6.45, 7) is 0. The van der Waals surface area contributed by atoms with Crippen molar-refractivity contribution < 1.29 is 26.4 Å². The van der Waals surface area contributed by atoms with Gasteiger partial charge in [0, 0.05) is 12.2 Å². The molecular formula is C20H20F3N5O3S. The van der Waals surface area contributed by atoms with E-state index in [-0.39, 0.29) is 29.0 Å². The molecule has 0 saturated heterocycles. The standard InChI is InChI=1S/C20H20F3N5O3S/c21-20(22,23)13-5-4-8-15(11-13)32(30,31)27-17-9-10-28-18(26-17)16(12-24-28)19(29)25-14-6-2-1-3-7-14/h4-5,8-12,14H,1-3,6-7H2,(H,25,29)(H,26,27). The van der Waals surface area contributed by atoms with Gasteiger partial charge >= 0.3 is 6.18 Å². The van der Waals surface area contributed by atoms with Crippen LogP contribution in [-0.4, -0.2) is 35.0 Å². The maximum atomic E-state index is 12.9. The number of hydrogen-bond acceptors (Lipinski definition) is 5. The fourth-order valence-electron chi connectivity index (χ4n) is 3.63. The summed E-state index contributed by atoms with van der Waals surface area (Å²) >= 11 is 0. The van der Waals surface area contributed by atoms with Crippen LogP contribution in [-0.2, 0) is 16.2 Å². The summed E-state index contributed by atoms with van der Waals surface area (Å²) in [6, 6.07) is 4.76. The van der Waals surface area contributed by atoms with Gasteiger partial charge in [0.1, 0.15) is 11.4 Å². The molecular weight excluding hydrogens is 447 g/mol. The van der Waals surface area contributed by atoms with Crippen molar-refractivity contribution in [1.82, 2.24) is 19.9 Å². The van der Waals surface area contributed by atoms with E-state index in [2.05, 4.69) is 20.1 Å². The van der Waals surface area contributed by atoms with Crippen LogP contribution in [0.2, 0.25) is 0 Å². The van der Waals surface area contributed by atoms with E-state index in [9.17, 15) is 26.4 Å². The molecule has 4 rings (SSSR count). The summed E-state index contributed by atoms with van der Waals surface area (Å²) in [5.74, 6) is -0.514. The monoisotopic (exact) mass is 467 g/mol. The number of hydrogen-bond donors (Lipinski definition) is 2. The number of nitrogens with one attached hydrogen (secondary N) is 2. The Morgan fingerprint density at radius 2 is 1.88 bits per heavy atom. The third kappa shape index (κ3) is 4.69. The fraction of sp³-hybridized carbons (Fsp3) is 0.350. The van der Waals surface area contributed by atoms with Crippen molar-refractivity contribution >= 4 is 27.4 Å². The number of fused-ring (bicyclic) bond motifs is 1. The van der Waals surface area contributed by atoms with Crippen molar-refractivity contribution in [2.24, 2.45) is 0 Å². The number of alkyl halides is 3. The molecule has 3 aromatic rings. The van der Waals surface area contributed by atoms with E-state index >= 15 is 0 Å². The average Bonchev–Trinajstić information content (AvgIpc) is 3.17. The highest BCUT2D eigenvalue weighted by Crippen LogP contribution is 2.30. The number of nitrogens with zero attached hydrogens (tertiary/aromatic N) is 3. The molecule has 2 aromatic heterocycles. The van der Waals surface area contributed by atoms with Crippen molar-refractivity contribution in [3.8, 4) is 0 Å². The Balaban J connectivity index is 1.59. The number of anilines is 1. The van der Waals surface area contributed by atoms with Gasteiger partial charge in [-0.1, -0.05) is 25.3 Å². The van der Waals surface area contributed by atoms with Crippen LogP contribution in [0.4, 0.5) is 19.0 Å². The number of rotatable bonds is 5. The molecule has 1 aliphatic carbocycles. The van der Waals surface area contributed by atoms with E-state index in [0.29, 0.717) is 6.07 Å². The van der Waals surface area contributed by atoms with Gasteiger partial charge in [0.25, 0.3) is 15.9 Å². The van der Waals surface area contributed by atoms with Crippen LogP contribution in [0, 0.1) is 0 Å². The predicted molar refractivity (Wildman–Crippen MR) is 110 cm³/mol. The molecule has 1 fully saturated rings. The number of carbonyl (C=O) groups is 1. The topological polar surface area (TPSA) is 105 Å². The zero-order valence-electron chi connectivity index (χ0n) is 16.8. The summed E-state index contributed by atoms with van der Waals surface area (Å²) < 4.78 is 67.5. The first kappa shape index (κ1) is 22.1. The predicted octanol–water partition coefficient (Wildman–Crippen LogP) is 3.61. The maximum Gasteiger partial charge on any atom is 0.416 e. The van der Waals surface area contributed by atoms with Gasteiger partial charge in [-0.3, -0.25) is 9.52 Å². The molecule has 1 saturated carbocycles. The maximum absolute atomic E-state index is 12.9. The second-order valence-electron chi connectivity index (χ2n) is 7.58. The molecule has 1 aliphatic rings. The van der Waals surface area contributed by atoms with Gasteiger partial charge in [-0.25, -0.2) is 17.9 Å². The zero-order valence-corrected chi connectivity index (χ0v) is 17.6. The molecule has 0 aliphatic heterocycles. The molecule has 0 spiro atoms. The molecule has 1 amide bonds. The minimum atomic E-state index is -4.68. The Bertz CT molecular complexity index is 1250. The van der Waals surface area contributed by atoms with E-state index in [1.165, 1.54) is 23.0 Å². The quantitative estimate of drug-likeness (QED) is 0.596. The fourth-order valence-corrected chi connectivity index (χ4v) is 4.68. The summed E-state index contributed by atoms with van der Waals surface area (Å²) in [7, 11) is -4.35. The largest absolute Gasteiger partial charge is 0.416 e. The van der Waals surface area contributed by atoms with Gasteiger partial charge in [0.2, 0.25) is 0 Å². The number of sulfonamides is 1. The highest BCUT2D eigenvalue weighted by atomic mass is 32.2. The van der Waals surface area contributed by atoms with Crippen LogP contribution in [0.3, 0.4) is 0 Å². The molecule has 12 heteroatoms. The van der Waals surface area contributed by atoms with Crippen LogP contribution in [0.15, 0.2) is 47.6 Å². The van der Waals surface area contributed by atoms with E-state index in [1.54, 1.807) is 0 Å². The summed E-state index contributed by atoms with van der Waals surface area (Å²) in [5.41, 5.74) is -0.778. The Hall–Kier alpha value is -3.15. The zero-order chi connectivity index (χ0) is 22.9. The van der Waals surface area contributed by atoms with Gasteiger partial charge in [-0.15, -0.1) is 0 Å². The van der Waals surface area contributed by atoms with Crippen LogP contribution < -0.4 is 10.0 Å². The normalized spacial score (nSPS) is 15.6. The smallest absolute Gasteiger partial charge is 0.349 e. The lowest BCUT2D eigenvalue weighted by Gasteiger charge is -2.22. The SMILES string of the molecule is O=C(NC1CCCCC1)c1cnn2ccc(NS(=O)(=O)c3cccc(C(F)(F)F)c3)nc12. The van der Waals surface area contributed by atoms with Crippen molar-refractivity contribution in [1.29, 1.82) is 0 Å². The van der Waals surface area contributed by atoms with Crippen molar-refractivity contribution in [3.05, 3.63) is 53.9 Å². The first-order chi connectivity index (χ1) is 15.1. The second kappa shape index (κ2) is 8.41. The highest BCUT2D eigenvalue weighted by molar-refractivity contribution is 7.92. The van der Waals surface area contributed by atoms with Gasteiger partial charge < -0.3 is 5.32 Å². The van der Waals surface area contributed by atoms with Crippen molar-refractivity contribution in [3.63, 3.8) is 0 Å². The van der Waals surface area contributed by atoms with E-state index in [0.717, 1.165) is 50.3 Å². The van der Waals surface area contributed by atoms with Crippen LogP contribution in [0.25, 0.3) is 5.65 Å². The summed E-state index contributed by atoms with van der Waals surface area (Å²) in [4.78, 5) is 16.3. The van der Waals surface area contributed by atoms with Crippen molar-refractivity contribution in [2.75, 3.05) is 4.72 Å². The van der Waals surface area contributed by atoms with Crippen LogP contribution in [0.5, 0.6) is 0 Å². The lowest BCUT2D eigenvalue weighted by molar-refractivity contribution is -0.137. The first-order valence-electron chi connectivity index (χ1n) is 9.99. The van der Waals surface area contributed by atoms with E-state index in [4.69, 9.17) is 0 Å². The molecule has 0 bridgehead atoms. The second-order valence-corrected chi connectivity index (χ2v) is 9.26. The van der Waals surface area contributed by atoms with Crippen molar-refractivity contribution in [2.45, 2.75) is 49.2 Å². The molecule has 1 aromatic carbocycles. The van der Waals surface area contributed by atoms with Gasteiger partial charge in [0.15, 0.2) is 5.65 Å². The van der Waals surface area contributed by atoms with Gasteiger partial charge in [-0.05, 0) is 37.1 Å². The molecule has 170 valence electrons. The van der Waals surface area contributed by atoms with Crippen LogP contribution in [0.1, 0.15) is 48.0 Å². The molecule has 0 atom stereocenters. The molecule has 2 N–H and O–H groups in total. The summed E-state index contributed by atoms with van der Waals surface area (Å²) in [5, 5.41) is 7.01. The molecule has 8 nitrogen and oxygen atoms in total. The minimum absolute atomic E-state index is 0.0637. The number of amides is 1. The number of benzene rings is 1. The lowest BCUT2D eigenvalue weighted by Crippen LogP contribution is -2.36. The van der Waals surface area contributed by atoms with E-state index in [1.807, 2.05) is 0 Å². The number of aromatic nitrogens is 3. The Morgan fingerprint density at radius 1 is 1.12 bits per heavy atom. The Labute approximate surface area is 181 Å². The molecule has 0 unspecified atom stereocenters. The van der Waals surface area contributed by atoms with Gasteiger partial charge in [0.05, 0.1) is 16.7 Å². The van der Waals surface area contributed by atoms with E-state index < -0.39 is 26.7 Å². The van der Waals surface area contributed by atoms with Gasteiger partial charge in [-0.2, -0.15) is 18.3 Å². The minimum Gasteiger partial charge on any atom is -0.349 e. The molecule has 32 heavy (non-hydrogen) atoms. The first-order valence-corrected chi connectivity index (χ1v) is 11.5. The van der Waals surface area contributed by atoms with Crippen LogP contribution >= 0.6 is 0 Å². The third-order valence-electron chi connectivity index (χ3n) is 5.26. The number of halogens is 3. The highest BCUT2D eigenvalue weighted by Gasteiger charge is 2.31. The third-order valence-corrected chi connectivity index (χ3v) is 6.62. The average molecular weight is 467 g/mol. The Kier molecular flexibility index (Phi) is 5.80. The summed E-state index contributed by atoms with van der Waals surface area (Å²) in [6.07, 6.45) is 3.07. The molecule has 0 radical (unpaired) electrons. The lowest BCUT2D eigenvalue weighted by atomic mass is 9.95. The Morgan fingerprint density at radius 3 is 2.59 bits per heavy atom.